The number of pyridine rings is 1. The van der Waals surface area contributed by atoms with Crippen LogP contribution in [0.5, 0.6) is 0 Å². The highest BCUT2D eigenvalue weighted by Crippen LogP contribution is 2.43. The molecule has 154 valence electrons. The van der Waals surface area contributed by atoms with Crippen LogP contribution in [0.3, 0.4) is 0 Å². The fourth-order valence-electron chi connectivity index (χ4n) is 2.70. The van der Waals surface area contributed by atoms with E-state index in [4.69, 9.17) is 0 Å². The number of rotatable bonds is 6. The minimum absolute atomic E-state index is 0.113. The van der Waals surface area contributed by atoms with Gasteiger partial charge in [0.05, 0.1) is 11.4 Å². The van der Waals surface area contributed by atoms with Gasteiger partial charge in [-0.15, -0.1) is 0 Å². The lowest BCUT2D eigenvalue weighted by Gasteiger charge is -2.24. The first-order valence-corrected chi connectivity index (χ1v) is 10.4. The minimum Gasteiger partial charge on any atom is -0.337 e. The number of aryl methyl sites for hydroxylation is 2. The first-order chi connectivity index (χ1) is 13.2. The third-order valence-corrected chi connectivity index (χ3v) is 6.02. The Labute approximate surface area is 171 Å². The predicted octanol–water partition coefficient (Wildman–Crippen LogP) is 5.37. The lowest BCUT2D eigenvalue weighted by molar-refractivity contribution is 0.419. The molecule has 1 aromatic heterocycles. The summed E-state index contributed by atoms with van der Waals surface area (Å²) in [5, 5.41) is 3.08. The highest BCUT2D eigenvalue weighted by atomic mass is 32.2. The molecule has 7 heteroatoms. The van der Waals surface area contributed by atoms with Crippen LogP contribution in [-0.2, 0) is 7.05 Å². The van der Waals surface area contributed by atoms with Crippen molar-refractivity contribution in [2.24, 2.45) is 7.05 Å². The molecule has 5 nitrogen and oxygen atoms in total. The van der Waals surface area contributed by atoms with Crippen LogP contribution in [0.2, 0.25) is 0 Å². The van der Waals surface area contributed by atoms with Gasteiger partial charge in [-0.1, -0.05) is 19.9 Å². The van der Waals surface area contributed by atoms with Crippen LogP contribution in [0.15, 0.2) is 29.1 Å². The maximum Gasteiger partial charge on any atom is 0.254 e. The van der Waals surface area contributed by atoms with Crippen molar-refractivity contribution in [3.05, 3.63) is 51.6 Å². The summed E-state index contributed by atoms with van der Waals surface area (Å²) >= 11 is 1.49. The normalized spacial score (nSPS) is 14.3. The van der Waals surface area contributed by atoms with Crippen LogP contribution in [0.4, 0.5) is 21.6 Å². The number of nitrogens with zero attached hydrogens (tertiary/aromatic N) is 2. The van der Waals surface area contributed by atoms with E-state index in [1.54, 1.807) is 26.1 Å². The largest absolute Gasteiger partial charge is 0.337 e. The average Bonchev–Trinajstić information content (AvgIpc) is 3.42. The Morgan fingerprint density at radius 3 is 2.39 bits per heavy atom. The Bertz CT molecular complexity index is 893. The van der Waals surface area contributed by atoms with Crippen molar-refractivity contribution in [3.8, 4) is 0 Å². The van der Waals surface area contributed by atoms with E-state index in [1.165, 1.54) is 35.6 Å². The van der Waals surface area contributed by atoms with Crippen LogP contribution in [0.25, 0.3) is 0 Å². The molecule has 0 spiro atoms. The quantitative estimate of drug-likeness (QED) is 0.632. The highest BCUT2D eigenvalue weighted by molar-refractivity contribution is 7.98. The molecule has 1 saturated carbocycles. The van der Waals surface area contributed by atoms with Gasteiger partial charge < -0.3 is 10.0 Å². The van der Waals surface area contributed by atoms with E-state index in [1.807, 2.05) is 33.9 Å². The molecule has 0 saturated heterocycles. The summed E-state index contributed by atoms with van der Waals surface area (Å²) in [6, 6.07) is 6.79. The van der Waals surface area contributed by atoms with Crippen LogP contribution in [0, 0.1) is 19.7 Å². The van der Waals surface area contributed by atoms with Gasteiger partial charge in [0, 0.05) is 30.3 Å². The molecule has 1 aliphatic carbocycles. The Hall–Kier alpha value is -1.99. The Balaban J connectivity index is 0.00000136. The third-order valence-electron chi connectivity index (χ3n) is 5.00. The number of anilines is 3. The summed E-state index contributed by atoms with van der Waals surface area (Å²) < 4.78 is 21.3. The molecular weight excluding hydrogens is 375 g/mol. The molecule has 0 aliphatic heterocycles. The molecule has 0 unspecified atom stereocenters. The van der Waals surface area contributed by atoms with Gasteiger partial charge in [0.15, 0.2) is 0 Å². The molecule has 28 heavy (non-hydrogen) atoms. The molecule has 1 heterocycles. The van der Waals surface area contributed by atoms with Gasteiger partial charge in [-0.2, -0.15) is 0 Å². The molecule has 0 radical (unpaired) electrons. The first-order valence-electron chi connectivity index (χ1n) is 9.62. The minimum atomic E-state index is -0.348. The summed E-state index contributed by atoms with van der Waals surface area (Å²) in [5.41, 5.74) is 2.66. The zero-order valence-corrected chi connectivity index (χ0v) is 18.6. The van der Waals surface area contributed by atoms with Crippen molar-refractivity contribution in [2.45, 2.75) is 53.0 Å². The Kier molecular flexibility index (Phi) is 7.17. The van der Waals surface area contributed by atoms with Gasteiger partial charge >= 0.3 is 0 Å². The van der Waals surface area contributed by atoms with E-state index in [0.29, 0.717) is 17.1 Å². The number of hydrogen-bond acceptors (Lipinski definition) is 5. The van der Waals surface area contributed by atoms with Gasteiger partial charge in [-0.25, -0.2) is 8.70 Å². The second-order valence-corrected chi connectivity index (χ2v) is 8.18. The SMILES string of the molecule is CC.Cc1ccc(Nc2c(NSN(C)C3(C)CC3)cc(C)c(=O)n2C)c(F)c1. The second-order valence-electron chi connectivity index (χ2n) is 7.25. The van der Waals surface area contributed by atoms with Crippen molar-refractivity contribution in [1.29, 1.82) is 0 Å². The van der Waals surface area contributed by atoms with Crippen molar-refractivity contribution in [2.75, 3.05) is 17.1 Å². The molecule has 2 N–H and O–H groups in total. The van der Waals surface area contributed by atoms with Crippen molar-refractivity contribution in [3.63, 3.8) is 0 Å². The van der Waals surface area contributed by atoms with Crippen molar-refractivity contribution < 1.29 is 4.39 Å². The summed E-state index contributed by atoms with van der Waals surface area (Å²) in [5.74, 6) is 0.185. The van der Waals surface area contributed by atoms with E-state index in [0.717, 1.165) is 11.3 Å². The van der Waals surface area contributed by atoms with Crippen molar-refractivity contribution in [1.82, 2.24) is 8.87 Å². The van der Waals surface area contributed by atoms with E-state index < -0.39 is 0 Å². The van der Waals surface area contributed by atoms with Gasteiger partial charge in [0.1, 0.15) is 11.6 Å². The fraction of sp³-hybridized carbons (Fsp3) is 0.476. The van der Waals surface area contributed by atoms with E-state index in [9.17, 15) is 9.18 Å². The molecule has 0 amide bonds. The topological polar surface area (TPSA) is 49.3 Å². The summed E-state index contributed by atoms with van der Waals surface area (Å²) in [4.78, 5) is 12.4. The molecule has 2 aromatic rings. The second kappa shape index (κ2) is 9.01. The summed E-state index contributed by atoms with van der Waals surface area (Å²) in [6.45, 7) is 9.83. The van der Waals surface area contributed by atoms with Crippen LogP contribution < -0.4 is 15.6 Å². The zero-order chi connectivity index (χ0) is 21.1. The van der Waals surface area contributed by atoms with Gasteiger partial charge in [0.2, 0.25) is 0 Å². The Morgan fingerprint density at radius 2 is 1.82 bits per heavy atom. The number of aromatic nitrogens is 1. The maximum atomic E-state index is 14.3. The molecule has 3 rings (SSSR count). The molecule has 1 aromatic carbocycles. The van der Waals surface area contributed by atoms with E-state index in [-0.39, 0.29) is 16.9 Å². The Morgan fingerprint density at radius 1 is 1.18 bits per heavy atom. The number of hydrogen-bond donors (Lipinski definition) is 2. The summed E-state index contributed by atoms with van der Waals surface area (Å²) in [6.07, 6.45) is 2.34. The van der Waals surface area contributed by atoms with Gasteiger partial charge in [0.25, 0.3) is 5.56 Å². The molecule has 1 aliphatic rings. The number of nitrogens with one attached hydrogen (secondary N) is 2. The molecule has 1 fully saturated rings. The molecule has 0 atom stereocenters. The third kappa shape index (κ3) is 4.89. The zero-order valence-electron chi connectivity index (χ0n) is 17.8. The highest BCUT2D eigenvalue weighted by Gasteiger charge is 2.42. The van der Waals surface area contributed by atoms with E-state index >= 15 is 0 Å². The van der Waals surface area contributed by atoms with Crippen LogP contribution in [0.1, 0.15) is 44.7 Å². The lowest BCUT2D eigenvalue weighted by Crippen LogP contribution is -2.26. The van der Waals surface area contributed by atoms with Gasteiger partial charge in [-0.05, 0) is 64.4 Å². The van der Waals surface area contributed by atoms with Crippen molar-refractivity contribution >= 4 is 29.3 Å². The van der Waals surface area contributed by atoms with Crippen LogP contribution >= 0.6 is 12.1 Å². The number of benzene rings is 1. The van der Waals surface area contributed by atoms with Crippen LogP contribution in [-0.4, -0.2) is 21.5 Å². The molecular formula is C21H31FN4OS. The maximum absolute atomic E-state index is 14.3. The summed E-state index contributed by atoms with van der Waals surface area (Å²) in [7, 11) is 3.73. The number of halogens is 1. The first kappa shape index (κ1) is 22.3. The smallest absolute Gasteiger partial charge is 0.254 e. The van der Waals surface area contributed by atoms with Gasteiger partial charge in [-0.3, -0.25) is 9.36 Å². The standard InChI is InChI=1S/C19H25FN4OS.C2H6/c1-12-6-7-15(14(20)10-12)21-17-16(11-13(2)18(25)23(17)4)22-26-24(5)19(3)8-9-19;1-2/h6-7,10-11,21-22H,8-9H2,1-5H3;1-2H3. The predicted molar refractivity (Wildman–Crippen MR) is 119 cm³/mol. The fourth-order valence-corrected chi connectivity index (χ4v) is 3.49. The lowest BCUT2D eigenvalue weighted by atomic mass is 10.2. The monoisotopic (exact) mass is 406 g/mol. The molecule has 0 bridgehead atoms. The average molecular weight is 407 g/mol. The van der Waals surface area contributed by atoms with E-state index in [2.05, 4.69) is 21.3 Å².